The first-order valence-electron chi connectivity index (χ1n) is 7.24. The molecular weight excluding hydrogens is 369 g/mol. The summed E-state index contributed by atoms with van der Waals surface area (Å²) in [5.41, 5.74) is 0. The fraction of sp³-hybridized carbons (Fsp3) is 0.235. The number of nitrogens with zero attached hydrogens (tertiary/aromatic N) is 1. The first-order valence-corrected chi connectivity index (χ1v) is 9.48. The van der Waals surface area contributed by atoms with E-state index in [1.807, 2.05) is 6.07 Å². The van der Waals surface area contributed by atoms with E-state index >= 15 is 0 Å². The van der Waals surface area contributed by atoms with E-state index in [0.29, 0.717) is 17.6 Å². The smallest absolute Gasteiger partial charge is 0.218 e. The highest BCUT2D eigenvalue weighted by molar-refractivity contribution is 7.95. The summed E-state index contributed by atoms with van der Waals surface area (Å²) in [5, 5.41) is 9.53. The lowest BCUT2D eigenvalue weighted by Gasteiger charge is -2.05. The molecule has 0 bridgehead atoms. The number of nitriles is 1. The Balaban J connectivity index is 1.99. The number of allylic oxidation sites excluding steroid dienone is 1. The normalized spacial score (nSPS) is 20.7. The summed E-state index contributed by atoms with van der Waals surface area (Å²) in [4.78, 5) is -0.650. The van der Waals surface area contributed by atoms with Gasteiger partial charge in [-0.15, -0.1) is 0 Å². The average Bonchev–Trinajstić information content (AvgIpc) is 3.08. The molecule has 0 N–H and O–H groups in total. The maximum atomic E-state index is 12.7. The highest BCUT2D eigenvalue weighted by atomic mass is 35.5. The van der Waals surface area contributed by atoms with Crippen LogP contribution in [0, 0.1) is 17.2 Å². The number of hydrogen-bond donors (Lipinski definition) is 0. The Morgan fingerprint density at radius 1 is 1.33 bits per heavy atom. The minimum atomic E-state index is -4.09. The van der Waals surface area contributed by atoms with E-state index in [9.17, 15) is 13.7 Å². The predicted molar refractivity (Wildman–Crippen MR) is 92.5 cm³/mol. The fourth-order valence-corrected chi connectivity index (χ4v) is 4.36. The first-order chi connectivity index (χ1) is 11.3. The molecule has 1 heterocycles. The molecule has 24 heavy (non-hydrogen) atoms. The highest BCUT2D eigenvalue weighted by Gasteiger charge is 2.36. The van der Waals surface area contributed by atoms with Crippen LogP contribution in [0.5, 0.6) is 0 Å². The summed E-state index contributed by atoms with van der Waals surface area (Å²) >= 11 is 11.8. The Hall–Kier alpha value is -1.74. The number of rotatable bonds is 4. The van der Waals surface area contributed by atoms with Crippen LogP contribution >= 0.6 is 23.2 Å². The Morgan fingerprint density at radius 3 is 2.67 bits per heavy atom. The van der Waals surface area contributed by atoms with Gasteiger partial charge in [0.2, 0.25) is 9.84 Å². The summed E-state index contributed by atoms with van der Waals surface area (Å²) in [5.74, 6) is 2.07. The van der Waals surface area contributed by atoms with Gasteiger partial charge < -0.3 is 4.42 Å². The van der Waals surface area contributed by atoms with Crippen LogP contribution in [-0.2, 0) is 9.84 Å². The molecule has 0 radical (unpaired) electrons. The maximum absolute atomic E-state index is 12.7. The molecule has 0 saturated heterocycles. The zero-order chi connectivity index (χ0) is 17.5. The van der Waals surface area contributed by atoms with Gasteiger partial charge in [0, 0.05) is 17.0 Å². The molecule has 0 spiro atoms. The number of hydrogen-bond acceptors (Lipinski definition) is 4. The van der Waals surface area contributed by atoms with Crippen molar-refractivity contribution in [1.82, 2.24) is 0 Å². The quantitative estimate of drug-likeness (QED) is 0.694. The van der Waals surface area contributed by atoms with Gasteiger partial charge in [0.25, 0.3) is 0 Å². The van der Waals surface area contributed by atoms with Crippen molar-refractivity contribution in [3.05, 3.63) is 56.8 Å². The summed E-state index contributed by atoms with van der Waals surface area (Å²) in [6, 6.07) is 9.27. The van der Waals surface area contributed by atoms with E-state index in [1.54, 1.807) is 12.1 Å². The van der Waals surface area contributed by atoms with Crippen LogP contribution in [-0.4, -0.2) is 8.42 Å². The molecule has 1 aliphatic rings. The predicted octanol–water partition coefficient (Wildman–Crippen LogP) is 5.05. The van der Waals surface area contributed by atoms with Crippen molar-refractivity contribution in [2.75, 3.05) is 0 Å². The Kier molecular flexibility index (Phi) is 4.48. The van der Waals surface area contributed by atoms with Crippen molar-refractivity contribution >= 4 is 39.1 Å². The number of halogens is 2. The summed E-state index contributed by atoms with van der Waals surface area (Å²) in [6.45, 7) is 2.12. The maximum Gasteiger partial charge on any atom is 0.218 e. The van der Waals surface area contributed by atoms with Crippen molar-refractivity contribution in [2.45, 2.75) is 24.2 Å². The molecular formula is C17H13Cl2NO3S. The monoisotopic (exact) mass is 381 g/mol. The van der Waals surface area contributed by atoms with Gasteiger partial charge in [-0.3, -0.25) is 0 Å². The van der Waals surface area contributed by atoms with E-state index in [2.05, 4.69) is 6.92 Å². The van der Waals surface area contributed by atoms with Crippen molar-refractivity contribution in [3.63, 3.8) is 0 Å². The van der Waals surface area contributed by atoms with Crippen molar-refractivity contribution in [1.29, 1.82) is 5.26 Å². The SMILES string of the molecule is C[C@@H]1C[C@@H]1c1ccc(/C=C(\C#N)S(=O)(=O)c2cc(Cl)ccc2Cl)o1. The van der Waals surface area contributed by atoms with Crippen molar-refractivity contribution in [3.8, 4) is 6.07 Å². The molecule has 124 valence electrons. The summed E-state index contributed by atoms with van der Waals surface area (Å²) in [7, 11) is -4.09. The van der Waals surface area contributed by atoms with E-state index in [1.165, 1.54) is 24.3 Å². The van der Waals surface area contributed by atoms with Crippen LogP contribution in [0.1, 0.15) is 30.8 Å². The van der Waals surface area contributed by atoms with E-state index in [4.69, 9.17) is 27.6 Å². The third-order valence-corrected chi connectivity index (χ3v) is 6.36. The summed E-state index contributed by atoms with van der Waals surface area (Å²) < 4.78 is 31.0. The molecule has 4 nitrogen and oxygen atoms in total. The number of benzene rings is 1. The number of furan rings is 1. The van der Waals surface area contributed by atoms with Crippen LogP contribution < -0.4 is 0 Å². The van der Waals surface area contributed by atoms with Crippen LogP contribution in [0.15, 0.2) is 44.5 Å². The van der Waals surface area contributed by atoms with Crippen LogP contribution in [0.4, 0.5) is 0 Å². The zero-order valence-electron chi connectivity index (χ0n) is 12.7. The molecule has 1 aromatic heterocycles. The largest absolute Gasteiger partial charge is 0.461 e. The molecule has 1 aromatic carbocycles. The van der Waals surface area contributed by atoms with Gasteiger partial charge in [0.15, 0.2) is 4.91 Å². The molecule has 1 aliphatic carbocycles. The molecule has 2 atom stereocenters. The molecule has 0 unspecified atom stereocenters. The molecule has 3 rings (SSSR count). The van der Waals surface area contributed by atoms with Crippen LogP contribution in [0.2, 0.25) is 10.0 Å². The van der Waals surface area contributed by atoms with E-state index < -0.39 is 14.7 Å². The van der Waals surface area contributed by atoms with Gasteiger partial charge in [-0.25, -0.2) is 8.42 Å². The van der Waals surface area contributed by atoms with Gasteiger partial charge in [0.05, 0.1) is 9.92 Å². The highest BCUT2D eigenvalue weighted by Crippen LogP contribution is 2.47. The third-order valence-electron chi connectivity index (χ3n) is 3.98. The van der Waals surface area contributed by atoms with Gasteiger partial charge in [0.1, 0.15) is 17.6 Å². The molecule has 0 aliphatic heterocycles. The molecule has 7 heteroatoms. The van der Waals surface area contributed by atoms with Crippen molar-refractivity contribution in [2.24, 2.45) is 5.92 Å². The van der Waals surface area contributed by atoms with Gasteiger partial charge in [-0.2, -0.15) is 5.26 Å². The van der Waals surface area contributed by atoms with E-state index in [-0.39, 0.29) is 14.9 Å². The van der Waals surface area contributed by atoms with Gasteiger partial charge >= 0.3 is 0 Å². The minimum absolute atomic E-state index is 0.00693. The summed E-state index contributed by atoms with van der Waals surface area (Å²) in [6.07, 6.45) is 2.27. The Labute approximate surface area is 150 Å². The lowest BCUT2D eigenvalue weighted by molar-refractivity contribution is 0.497. The molecule has 0 amide bonds. The Morgan fingerprint density at radius 2 is 2.04 bits per heavy atom. The van der Waals surface area contributed by atoms with Crippen LogP contribution in [0.3, 0.4) is 0 Å². The van der Waals surface area contributed by atoms with Gasteiger partial charge in [-0.05, 0) is 42.7 Å². The average molecular weight is 382 g/mol. The van der Waals surface area contributed by atoms with Gasteiger partial charge in [-0.1, -0.05) is 30.1 Å². The second-order valence-electron chi connectivity index (χ2n) is 5.76. The van der Waals surface area contributed by atoms with E-state index in [0.717, 1.165) is 12.2 Å². The Bertz CT molecular complexity index is 970. The second-order valence-corrected chi connectivity index (χ2v) is 8.49. The fourth-order valence-electron chi connectivity index (χ4n) is 2.46. The molecule has 1 fully saturated rings. The lowest BCUT2D eigenvalue weighted by atomic mass is 10.3. The lowest BCUT2D eigenvalue weighted by Crippen LogP contribution is -2.04. The first kappa shape index (κ1) is 17.1. The number of sulfone groups is 1. The standard InChI is InChI=1S/C17H13Cl2NO3S/c1-10-6-14(10)16-5-3-12(23-16)8-13(9-20)24(21,22)17-7-11(18)2-4-15(17)19/h2-5,7-8,10,14H,6H2,1H3/b13-8+/t10-,14+/m1/s1. The zero-order valence-corrected chi connectivity index (χ0v) is 15.0. The molecule has 2 aromatic rings. The topological polar surface area (TPSA) is 71.1 Å². The van der Waals surface area contributed by atoms with Crippen LogP contribution in [0.25, 0.3) is 6.08 Å². The third kappa shape index (κ3) is 3.23. The second kappa shape index (κ2) is 6.29. The minimum Gasteiger partial charge on any atom is -0.461 e. The molecule has 1 saturated carbocycles. The van der Waals surface area contributed by atoms with Crippen molar-refractivity contribution < 1.29 is 12.8 Å².